The number of hydrogen-bond donors (Lipinski definition) is 0. The standard InChI is InChI=1S/C11H11BrF2O/c1-11(2,14)10(15)6-7-5-8(12)3-4-9(7)13/h3-5H,6H2,1-2H3. The molecule has 0 fully saturated rings. The number of ketones is 1. The smallest absolute Gasteiger partial charge is 0.173 e. The largest absolute Gasteiger partial charge is 0.296 e. The summed E-state index contributed by atoms with van der Waals surface area (Å²) in [4.78, 5) is 11.3. The molecule has 0 aromatic heterocycles. The number of hydrogen-bond acceptors (Lipinski definition) is 1. The van der Waals surface area contributed by atoms with E-state index in [-0.39, 0.29) is 12.0 Å². The Labute approximate surface area is 95.6 Å². The van der Waals surface area contributed by atoms with Crippen molar-refractivity contribution in [2.24, 2.45) is 0 Å². The molecule has 1 aromatic rings. The first-order chi connectivity index (χ1) is 6.80. The van der Waals surface area contributed by atoms with Crippen LogP contribution in [-0.4, -0.2) is 11.5 Å². The highest BCUT2D eigenvalue weighted by Crippen LogP contribution is 2.19. The normalized spacial score (nSPS) is 11.5. The zero-order valence-electron chi connectivity index (χ0n) is 8.48. The predicted molar refractivity (Wildman–Crippen MR) is 58.0 cm³/mol. The molecule has 0 bridgehead atoms. The average molecular weight is 277 g/mol. The highest BCUT2D eigenvalue weighted by Gasteiger charge is 2.26. The minimum atomic E-state index is -1.92. The third-order valence-corrected chi connectivity index (χ3v) is 2.52. The zero-order valence-corrected chi connectivity index (χ0v) is 10.1. The van der Waals surface area contributed by atoms with E-state index in [0.717, 1.165) is 0 Å². The van der Waals surface area contributed by atoms with Gasteiger partial charge in [0.25, 0.3) is 0 Å². The highest BCUT2D eigenvalue weighted by atomic mass is 79.9. The molecule has 0 spiro atoms. The molecule has 0 aliphatic carbocycles. The molecule has 15 heavy (non-hydrogen) atoms. The van der Waals surface area contributed by atoms with Crippen LogP contribution < -0.4 is 0 Å². The Morgan fingerprint density at radius 2 is 2.07 bits per heavy atom. The van der Waals surface area contributed by atoms with Gasteiger partial charge in [0.2, 0.25) is 0 Å². The predicted octanol–water partition coefficient (Wildman–Crippen LogP) is 3.45. The molecule has 0 saturated heterocycles. The van der Waals surface area contributed by atoms with Crippen molar-refractivity contribution in [2.75, 3.05) is 0 Å². The molecule has 0 saturated carbocycles. The van der Waals surface area contributed by atoms with Gasteiger partial charge >= 0.3 is 0 Å². The minimum absolute atomic E-state index is 0.208. The Kier molecular flexibility index (Phi) is 3.60. The quantitative estimate of drug-likeness (QED) is 0.827. The van der Waals surface area contributed by atoms with Crippen LogP contribution in [-0.2, 0) is 11.2 Å². The van der Waals surface area contributed by atoms with E-state index in [1.807, 2.05) is 0 Å². The Bertz CT molecular complexity index is 383. The number of benzene rings is 1. The summed E-state index contributed by atoms with van der Waals surface area (Å²) in [6, 6.07) is 4.26. The second kappa shape index (κ2) is 4.39. The lowest BCUT2D eigenvalue weighted by atomic mass is 9.98. The number of rotatable bonds is 3. The van der Waals surface area contributed by atoms with E-state index < -0.39 is 17.3 Å². The molecule has 0 heterocycles. The first-order valence-electron chi connectivity index (χ1n) is 4.47. The van der Waals surface area contributed by atoms with Crippen LogP contribution in [0.15, 0.2) is 22.7 Å². The zero-order chi connectivity index (χ0) is 11.6. The van der Waals surface area contributed by atoms with Gasteiger partial charge in [-0.25, -0.2) is 8.78 Å². The number of Topliss-reactive ketones (excluding diaryl/α,β-unsaturated/α-hetero) is 1. The Balaban J connectivity index is 2.90. The summed E-state index contributed by atoms with van der Waals surface area (Å²) in [6.07, 6.45) is -0.227. The van der Waals surface area contributed by atoms with Crippen molar-refractivity contribution in [1.82, 2.24) is 0 Å². The van der Waals surface area contributed by atoms with Crippen LogP contribution in [0.25, 0.3) is 0 Å². The fraction of sp³-hybridized carbons (Fsp3) is 0.364. The molecule has 0 N–H and O–H groups in total. The fourth-order valence-corrected chi connectivity index (χ4v) is 1.47. The number of alkyl halides is 1. The molecule has 1 rings (SSSR count). The van der Waals surface area contributed by atoms with Gasteiger partial charge in [-0.1, -0.05) is 15.9 Å². The van der Waals surface area contributed by atoms with Crippen molar-refractivity contribution in [3.05, 3.63) is 34.1 Å². The van der Waals surface area contributed by atoms with Crippen molar-refractivity contribution < 1.29 is 13.6 Å². The average Bonchev–Trinajstić information content (AvgIpc) is 2.09. The van der Waals surface area contributed by atoms with Gasteiger partial charge in [-0.15, -0.1) is 0 Å². The summed E-state index contributed by atoms with van der Waals surface area (Å²) < 4.78 is 27.1. The van der Waals surface area contributed by atoms with E-state index in [0.29, 0.717) is 4.47 Å². The Morgan fingerprint density at radius 1 is 1.47 bits per heavy atom. The van der Waals surface area contributed by atoms with Crippen LogP contribution in [0, 0.1) is 5.82 Å². The lowest BCUT2D eigenvalue weighted by Gasteiger charge is -2.12. The van der Waals surface area contributed by atoms with Gasteiger partial charge in [0.1, 0.15) is 5.82 Å². The molecule has 4 heteroatoms. The lowest BCUT2D eigenvalue weighted by molar-refractivity contribution is -0.127. The second-order valence-corrected chi connectivity index (χ2v) is 4.72. The van der Waals surface area contributed by atoms with Crippen LogP contribution in [0.5, 0.6) is 0 Å². The molecular formula is C11H11BrF2O. The number of carbonyl (C=O) groups is 1. The first kappa shape index (κ1) is 12.3. The van der Waals surface area contributed by atoms with Gasteiger partial charge in [0.15, 0.2) is 11.5 Å². The van der Waals surface area contributed by atoms with E-state index in [1.165, 1.54) is 32.0 Å². The Morgan fingerprint density at radius 3 is 2.60 bits per heavy atom. The third-order valence-electron chi connectivity index (χ3n) is 2.02. The summed E-state index contributed by atoms with van der Waals surface area (Å²) in [5, 5.41) is 0. The van der Waals surface area contributed by atoms with Crippen molar-refractivity contribution in [2.45, 2.75) is 25.9 Å². The van der Waals surface area contributed by atoms with Gasteiger partial charge in [-0.3, -0.25) is 4.79 Å². The summed E-state index contributed by atoms with van der Waals surface area (Å²) in [5.74, 6) is -1.12. The van der Waals surface area contributed by atoms with Crippen molar-refractivity contribution in [1.29, 1.82) is 0 Å². The van der Waals surface area contributed by atoms with E-state index in [4.69, 9.17) is 0 Å². The van der Waals surface area contributed by atoms with Crippen molar-refractivity contribution >= 4 is 21.7 Å². The molecule has 0 amide bonds. The Hall–Kier alpha value is -0.770. The first-order valence-corrected chi connectivity index (χ1v) is 5.26. The van der Waals surface area contributed by atoms with Gasteiger partial charge < -0.3 is 0 Å². The van der Waals surface area contributed by atoms with Crippen molar-refractivity contribution in [3.8, 4) is 0 Å². The number of carbonyl (C=O) groups excluding carboxylic acids is 1. The highest BCUT2D eigenvalue weighted by molar-refractivity contribution is 9.10. The summed E-state index contributed by atoms with van der Waals surface area (Å²) in [6.45, 7) is 2.34. The molecule has 1 aromatic carbocycles. The van der Waals surface area contributed by atoms with Crippen LogP contribution in [0.3, 0.4) is 0 Å². The SMILES string of the molecule is CC(C)(F)C(=O)Cc1cc(Br)ccc1F. The van der Waals surface area contributed by atoms with Gasteiger partial charge in [-0.05, 0) is 37.6 Å². The maximum absolute atomic E-state index is 13.2. The molecule has 0 radical (unpaired) electrons. The molecule has 0 aliphatic heterocycles. The molecule has 0 atom stereocenters. The molecular weight excluding hydrogens is 266 g/mol. The van der Waals surface area contributed by atoms with E-state index in [2.05, 4.69) is 15.9 Å². The maximum atomic E-state index is 13.2. The molecule has 82 valence electrons. The topological polar surface area (TPSA) is 17.1 Å². The lowest BCUT2D eigenvalue weighted by Crippen LogP contribution is -2.27. The minimum Gasteiger partial charge on any atom is -0.296 e. The second-order valence-electron chi connectivity index (χ2n) is 3.81. The molecule has 0 unspecified atom stereocenters. The summed E-state index contributed by atoms with van der Waals surface area (Å²) in [7, 11) is 0. The monoisotopic (exact) mass is 276 g/mol. The summed E-state index contributed by atoms with van der Waals surface area (Å²) in [5.41, 5.74) is -1.71. The fourth-order valence-electron chi connectivity index (χ4n) is 1.06. The number of halogens is 3. The van der Waals surface area contributed by atoms with Crippen LogP contribution in [0.2, 0.25) is 0 Å². The van der Waals surface area contributed by atoms with Crippen LogP contribution in [0.1, 0.15) is 19.4 Å². The van der Waals surface area contributed by atoms with E-state index >= 15 is 0 Å². The van der Waals surface area contributed by atoms with E-state index in [1.54, 1.807) is 0 Å². The molecule has 1 nitrogen and oxygen atoms in total. The summed E-state index contributed by atoms with van der Waals surface area (Å²) >= 11 is 3.16. The van der Waals surface area contributed by atoms with Crippen LogP contribution >= 0.6 is 15.9 Å². The van der Waals surface area contributed by atoms with Gasteiger partial charge in [0.05, 0.1) is 0 Å². The molecule has 0 aliphatic rings. The van der Waals surface area contributed by atoms with E-state index in [9.17, 15) is 13.6 Å². The maximum Gasteiger partial charge on any atom is 0.173 e. The van der Waals surface area contributed by atoms with Crippen LogP contribution in [0.4, 0.5) is 8.78 Å². The van der Waals surface area contributed by atoms with Gasteiger partial charge in [0, 0.05) is 10.9 Å². The third kappa shape index (κ3) is 3.38. The van der Waals surface area contributed by atoms with Crippen molar-refractivity contribution in [3.63, 3.8) is 0 Å². The van der Waals surface area contributed by atoms with Gasteiger partial charge in [-0.2, -0.15) is 0 Å².